The van der Waals surface area contributed by atoms with Crippen molar-refractivity contribution in [2.24, 2.45) is 11.8 Å². The van der Waals surface area contributed by atoms with E-state index >= 15 is 0 Å². The summed E-state index contributed by atoms with van der Waals surface area (Å²) in [4.78, 5) is 89.1. The van der Waals surface area contributed by atoms with Crippen molar-refractivity contribution in [3.05, 3.63) is 0 Å². The summed E-state index contributed by atoms with van der Waals surface area (Å²) >= 11 is 0. The Morgan fingerprint density at radius 1 is 0.791 bits per heavy atom. The fourth-order valence-electron chi connectivity index (χ4n) is 4.30. The highest BCUT2D eigenvalue weighted by molar-refractivity contribution is 5.96. The Labute approximate surface area is 253 Å². The molecule has 0 aromatic carbocycles. The first-order valence-electron chi connectivity index (χ1n) is 14.5. The van der Waals surface area contributed by atoms with E-state index in [0.717, 1.165) is 0 Å². The third-order valence-corrected chi connectivity index (χ3v) is 6.58. The molecule has 0 spiro atoms. The van der Waals surface area contributed by atoms with E-state index < -0.39 is 77.8 Å². The van der Waals surface area contributed by atoms with E-state index in [-0.39, 0.29) is 24.9 Å². The molecule has 15 heteroatoms. The van der Waals surface area contributed by atoms with Gasteiger partial charge in [-0.3, -0.25) is 28.8 Å². The van der Waals surface area contributed by atoms with Gasteiger partial charge in [-0.05, 0) is 52.4 Å². The highest BCUT2D eigenvalue weighted by Crippen LogP contribution is 2.19. The smallest absolute Gasteiger partial charge is 0.408 e. The largest absolute Gasteiger partial charge is 0.444 e. The van der Waals surface area contributed by atoms with Gasteiger partial charge in [0, 0.05) is 13.6 Å². The predicted octanol–water partition coefficient (Wildman–Crippen LogP) is -0.849. The molecule has 6 N–H and O–H groups in total. The molecule has 1 heterocycles. The average molecular weight is 612 g/mol. The molecule has 1 aliphatic rings. The zero-order valence-corrected chi connectivity index (χ0v) is 26.7. The first-order valence-corrected chi connectivity index (χ1v) is 14.5. The molecule has 0 unspecified atom stereocenters. The molecule has 0 radical (unpaired) electrons. The van der Waals surface area contributed by atoms with Gasteiger partial charge in [-0.1, -0.05) is 27.7 Å². The second-order valence-electron chi connectivity index (χ2n) is 12.2. The number of alkyl carbamates (subject to hydrolysis) is 1. The molecule has 1 fully saturated rings. The molecule has 43 heavy (non-hydrogen) atoms. The monoisotopic (exact) mass is 611 g/mol. The number of ether oxygens (including phenoxy) is 1. The Morgan fingerprint density at radius 2 is 1.35 bits per heavy atom. The van der Waals surface area contributed by atoms with Crippen LogP contribution in [-0.2, 0) is 33.5 Å². The standard InChI is InChI=1S/C28H49N7O8/c1-15(2)21(24(39)31-13-19(36)29-9)33-20(37)14-30-23(38)18-11-10-12-35(18)26(41)17(5)32-25(40)22(16(3)4)34-27(42)43-28(6,7)8/h15-18,21-22H,10-14H2,1-9H3,(H,29,36)(H,30,38)(H,31,39)(H,32,40)(H,33,37)(H,34,42)/t17-,18-,21-,22-/m0/s1. The van der Waals surface area contributed by atoms with Crippen LogP contribution in [0.5, 0.6) is 0 Å². The van der Waals surface area contributed by atoms with E-state index in [2.05, 4.69) is 31.9 Å². The van der Waals surface area contributed by atoms with Gasteiger partial charge in [0.1, 0.15) is 29.8 Å². The molecule has 0 bridgehead atoms. The first kappa shape index (κ1) is 37.1. The summed E-state index contributed by atoms with van der Waals surface area (Å²) in [7, 11) is 1.43. The SMILES string of the molecule is CNC(=O)CNC(=O)[C@@H](NC(=O)CNC(=O)[C@@H]1CCCN1C(=O)[C@H](C)NC(=O)[C@@H](NC(=O)OC(C)(C)C)C(C)C)C(C)C. The lowest BCUT2D eigenvalue weighted by Crippen LogP contribution is -2.57. The molecule has 0 aliphatic carbocycles. The number of likely N-dealkylation sites (N-methyl/N-ethyl adjacent to an activating group) is 1. The van der Waals surface area contributed by atoms with Gasteiger partial charge in [0.2, 0.25) is 35.4 Å². The maximum absolute atomic E-state index is 13.2. The van der Waals surface area contributed by atoms with Crippen molar-refractivity contribution >= 4 is 41.5 Å². The minimum atomic E-state index is -0.994. The molecular formula is C28H49N7O8. The van der Waals surface area contributed by atoms with Gasteiger partial charge in [-0.2, -0.15) is 0 Å². The van der Waals surface area contributed by atoms with Crippen LogP contribution < -0.4 is 31.9 Å². The summed E-state index contributed by atoms with van der Waals surface area (Å²) in [5.74, 6) is -3.74. The van der Waals surface area contributed by atoms with E-state index in [1.54, 1.807) is 48.5 Å². The number of likely N-dealkylation sites (tertiary alicyclic amines) is 1. The van der Waals surface area contributed by atoms with Crippen LogP contribution in [0.2, 0.25) is 0 Å². The normalized spacial score (nSPS) is 16.9. The molecule has 0 aromatic heterocycles. The zero-order valence-electron chi connectivity index (χ0n) is 26.7. The lowest BCUT2D eigenvalue weighted by Gasteiger charge is -2.29. The second-order valence-corrected chi connectivity index (χ2v) is 12.2. The van der Waals surface area contributed by atoms with Crippen molar-refractivity contribution in [1.29, 1.82) is 0 Å². The molecule has 7 amide bonds. The molecular weight excluding hydrogens is 562 g/mol. The number of nitrogens with zero attached hydrogens (tertiary/aromatic N) is 1. The maximum Gasteiger partial charge on any atom is 0.408 e. The van der Waals surface area contributed by atoms with E-state index in [1.807, 2.05) is 0 Å². The molecule has 1 rings (SSSR count). The molecule has 0 saturated carbocycles. The fourth-order valence-corrected chi connectivity index (χ4v) is 4.30. The van der Waals surface area contributed by atoms with Crippen molar-refractivity contribution in [2.75, 3.05) is 26.7 Å². The van der Waals surface area contributed by atoms with Crippen molar-refractivity contribution in [1.82, 2.24) is 36.8 Å². The molecule has 1 saturated heterocycles. The van der Waals surface area contributed by atoms with Gasteiger partial charge in [-0.15, -0.1) is 0 Å². The van der Waals surface area contributed by atoms with Crippen LogP contribution in [0.1, 0.15) is 68.2 Å². The Bertz CT molecular complexity index is 1040. The van der Waals surface area contributed by atoms with E-state index in [4.69, 9.17) is 4.74 Å². The number of hydrogen-bond acceptors (Lipinski definition) is 8. The van der Waals surface area contributed by atoms with E-state index in [0.29, 0.717) is 12.8 Å². The van der Waals surface area contributed by atoms with Crippen molar-refractivity contribution in [3.8, 4) is 0 Å². The van der Waals surface area contributed by atoms with Crippen LogP contribution in [0, 0.1) is 11.8 Å². The Kier molecular flexibility index (Phi) is 14.4. The van der Waals surface area contributed by atoms with Gasteiger partial charge in [-0.25, -0.2) is 4.79 Å². The van der Waals surface area contributed by atoms with Crippen LogP contribution >= 0.6 is 0 Å². The topological polar surface area (TPSA) is 204 Å². The minimum absolute atomic E-state index is 0.242. The fraction of sp³-hybridized carbons (Fsp3) is 0.750. The van der Waals surface area contributed by atoms with Gasteiger partial charge in [0.15, 0.2) is 0 Å². The van der Waals surface area contributed by atoms with Crippen LogP contribution in [0.25, 0.3) is 0 Å². The summed E-state index contributed by atoms with van der Waals surface area (Å²) in [6.45, 7) is 13.1. The van der Waals surface area contributed by atoms with Gasteiger partial charge >= 0.3 is 6.09 Å². The minimum Gasteiger partial charge on any atom is -0.444 e. The van der Waals surface area contributed by atoms with Crippen LogP contribution in [0.4, 0.5) is 4.79 Å². The summed E-state index contributed by atoms with van der Waals surface area (Å²) < 4.78 is 5.24. The second kappa shape index (κ2) is 16.7. The highest BCUT2D eigenvalue weighted by Gasteiger charge is 2.37. The summed E-state index contributed by atoms with van der Waals surface area (Å²) in [6.07, 6.45) is 0.155. The first-order chi connectivity index (χ1) is 19.9. The van der Waals surface area contributed by atoms with Crippen molar-refractivity contribution in [3.63, 3.8) is 0 Å². The lowest BCUT2D eigenvalue weighted by molar-refractivity contribution is -0.141. The maximum atomic E-state index is 13.2. The summed E-state index contributed by atoms with van der Waals surface area (Å²) in [5, 5.41) is 15.1. The molecule has 244 valence electrons. The Hall–Kier alpha value is -3.91. The molecule has 0 aromatic rings. The highest BCUT2D eigenvalue weighted by atomic mass is 16.6. The number of carbonyl (C=O) groups excluding carboxylic acids is 7. The van der Waals surface area contributed by atoms with Gasteiger partial charge < -0.3 is 41.5 Å². The third-order valence-electron chi connectivity index (χ3n) is 6.58. The lowest BCUT2D eigenvalue weighted by atomic mass is 10.0. The van der Waals surface area contributed by atoms with E-state index in [9.17, 15) is 33.6 Å². The van der Waals surface area contributed by atoms with Crippen LogP contribution in [0.3, 0.4) is 0 Å². The molecule has 15 nitrogen and oxygen atoms in total. The van der Waals surface area contributed by atoms with Crippen molar-refractivity contribution < 1.29 is 38.3 Å². The molecule has 4 atom stereocenters. The van der Waals surface area contributed by atoms with Crippen LogP contribution in [-0.4, -0.2) is 103 Å². The molecule has 1 aliphatic heterocycles. The van der Waals surface area contributed by atoms with Gasteiger partial charge in [0.05, 0.1) is 13.1 Å². The Morgan fingerprint density at radius 3 is 1.88 bits per heavy atom. The van der Waals surface area contributed by atoms with Crippen molar-refractivity contribution in [2.45, 2.75) is 98.0 Å². The number of carbonyl (C=O) groups is 7. The zero-order chi connectivity index (χ0) is 33.1. The predicted molar refractivity (Wildman–Crippen MR) is 157 cm³/mol. The average Bonchev–Trinajstić information content (AvgIpc) is 3.39. The Balaban J connectivity index is 2.74. The third kappa shape index (κ3) is 12.5. The number of hydrogen-bond donors (Lipinski definition) is 6. The van der Waals surface area contributed by atoms with Gasteiger partial charge in [0.25, 0.3) is 0 Å². The number of nitrogens with one attached hydrogen (secondary N) is 6. The van der Waals surface area contributed by atoms with E-state index in [1.165, 1.54) is 18.9 Å². The number of amides is 7. The summed E-state index contributed by atoms with van der Waals surface area (Å²) in [5.41, 5.74) is -0.754. The van der Waals surface area contributed by atoms with Crippen LogP contribution in [0.15, 0.2) is 0 Å². The number of rotatable bonds is 13. The summed E-state index contributed by atoms with van der Waals surface area (Å²) in [6, 6.07) is -3.73. The quantitative estimate of drug-likeness (QED) is 0.154.